The van der Waals surface area contributed by atoms with E-state index in [1.807, 2.05) is 0 Å². The minimum absolute atomic E-state index is 0.0339. The highest BCUT2D eigenvalue weighted by molar-refractivity contribution is 7.99. The Morgan fingerprint density at radius 3 is 3.04 bits per heavy atom. The number of aryl methyl sites for hydroxylation is 2. The van der Waals surface area contributed by atoms with E-state index in [0.717, 1.165) is 35.9 Å². The Kier molecular flexibility index (Phi) is 5.25. The highest BCUT2D eigenvalue weighted by Crippen LogP contribution is 2.36. The Balaban J connectivity index is 1.78. The van der Waals surface area contributed by atoms with Crippen LogP contribution >= 0.6 is 23.1 Å². The van der Waals surface area contributed by atoms with Crippen LogP contribution in [0.2, 0.25) is 0 Å². The maximum Gasteiger partial charge on any atom is 0.263 e. The lowest BCUT2D eigenvalue weighted by molar-refractivity contribution is 0.189. The molecule has 1 aliphatic carbocycles. The van der Waals surface area contributed by atoms with Crippen LogP contribution in [-0.2, 0) is 24.1 Å². The molecule has 4 rings (SSSR count). The summed E-state index contributed by atoms with van der Waals surface area (Å²) < 4.78 is 6.90. The SMILES string of the molecule is COCCCn1c(Sc2ccc(C#N)cn2)nc2sc3c(c2c1=O)CCC3. The first-order chi connectivity index (χ1) is 13.2. The topological polar surface area (TPSA) is 80.8 Å². The van der Waals surface area contributed by atoms with Gasteiger partial charge in [-0.3, -0.25) is 9.36 Å². The largest absolute Gasteiger partial charge is 0.385 e. The van der Waals surface area contributed by atoms with Crippen molar-refractivity contribution >= 4 is 33.3 Å². The number of nitrogens with zero attached hydrogens (tertiary/aromatic N) is 4. The van der Waals surface area contributed by atoms with Crippen LogP contribution in [0.15, 0.2) is 33.3 Å². The molecule has 0 spiro atoms. The van der Waals surface area contributed by atoms with Crippen molar-refractivity contribution < 1.29 is 4.74 Å². The summed E-state index contributed by atoms with van der Waals surface area (Å²) in [6, 6.07) is 5.57. The lowest BCUT2D eigenvalue weighted by Crippen LogP contribution is -2.24. The van der Waals surface area contributed by atoms with Crippen LogP contribution in [0.1, 0.15) is 28.8 Å². The lowest BCUT2D eigenvalue weighted by Gasteiger charge is -2.12. The molecule has 0 aromatic carbocycles. The Morgan fingerprint density at radius 1 is 1.41 bits per heavy atom. The summed E-state index contributed by atoms with van der Waals surface area (Å²) in [6.45, 7) is 1.14. The van der Waals surface area contributed by atoms with E-state index >= 15 is 0 Å². The van der Waals surface area contributed by atoms with Gasteiger partial charge < -0.3 is 4.74 Å². The van der Waals surface area contributed by atoms with Crippen molar-refractivity contribution in [1.29, 1.82) is 5.26 Å². The number of aromatic nitrogens is 3. The fourth-order valence-corrected chi connectivity index (χ4v) is 5.46. The van der Waals surface area contributed by atoms with Crippen LogP contribution in [0.5, 0.6) is 0 Å². The van der Waals surface area contributed by atoms with Gasteiger partial charge in [0.05, 0.1) is 10.9 Å². The number of ether oxygens (including phenoxy) is 1. The Labute approximate surface area is 164 Å². The van der Waals surface area contributed by atoms with E-state index in [-0.39, 0.29) is 5.56 Å². The van der Waals surface area contributed by atoms with E-state index in [1.165, 1.54) is 28.4 Å². The highest BCUT2D eigenvalue weighted by Gasteiger charge is 2.23. The van der Waals surface area contributed by atoms with Crippen molar-refractivity contribution in [2.75, 3.05) is 13.7 Å². The number of rotatable bonds is 6. The summed E-state index contributed by atoms with van der Waals surface area (Å²) in [6.07, 6.45) is 5.40. The normalized spacial score (nSPS) is 13.0. The standard InChI is InChI=1S/C19H18N4O2S2/c1-25-9-3-8-23-18(24)16-13-4-2-5-14(13)26-17(16)22-19(23)27-15-7-6-12(10-20)11-21-15/h6-7,11H,2-5,8-9H2,1H3. The van der Waals surface area contributed by atoms with Crippen molar-refractivity contribution in [1.82, 2.24) is 14.5 Å². The molecule has 27 heavy (non-hydrogen) atoms. The summed E-state index contributed by atoms with van der Waals surface area (Å²) in [4.78, 5) is 24.5. The minimum Gasteiger partial charge on any atom is -0.385 e. The fourth-order valence-electron chi connectivity index (χ4n) is 3.30. The molecule has 3 aromatic heterocycles. The van der Waals surface area contributed by atoms with Crippen LogP contribution in [0, 0.1) is 11.3 Å². The highest BCUT2D eigenvalue weighted by atomic mass is 32.2. The third-order valence-electron chi connectivity index (χ3n) is 4.58. The fraction of sp³-hybridized carbons (Fsp3) is 0.368. The van der Waals surface area contributed by atoms with Crippen molar-refractivity contribution in [2.24, 2.45) is 0 Å². The van der Waals surface area contributed by atoms with Crippen LogP contribution in [0.3, 0.4) is 0 Å². The molecule has 0 saturated heterocycles. The van der Waals surface area contributed by atoms with Crippen molar-refractivity contribution in [3.8, 4) is 6.07 Å². The number of methoxy groups -OCH3 is 1. The average molecular weight is 399 g/mol. The van der Waals surface area contributed by atoms with Crippen LogP contribution in [-0.4, -0.2) is 28.3 Å². The van der Waals surface area contributed by atoms with Crippen LogP contribution < -0.4 is 5.56 Å². The third-order valence-corrected chi connectivity index (χ3v) is 6.71. The van der Waals surface area contributed by atoms with E-state index in [4.69, 9.17) is 15.0 Å². The van der Waals surface area contributed by atoms with Crippen molar-refractivity contribution in [2.45, 2.75) is 42.4 Å². The number of hydrogen-bond acceptors (Lipinski definition) is 7. The number of pyridine rings is 1. The van der Waals surface area contributed by atoms with Gasteiger partial charge in [-0.2, -0.15) is 5.26 Å². The van der Waals surface area contributed by atoms with Gasteiger partial charge >= 0.3 is 0 Å². The third kappa shape index (κ3) is 3.50. The maximum atomic E-state index is 13.3. The molecular formula is C19H18N4O2S2. The Bertz CT molecular complexity index is 1080. The molecule has 1 aliphatic rings. The van der Waals surface area contributed by atoms with Gasteiger partial charge in [0, 0.05) is 31.3 Å². The summed E-state index contributed by atoms with van der Waals surface area (Å²) in [5, 5.41) is 11.1. The molecule has 0 saturated carbocycles. The van der Waals surface area contributed by atoms with E-state index in [2.05, 4.69) is 11.1 Å². The van der Waals surface area contributed by atoms with Gasteiger partial charge in [0.2, 0.25) is 0 Å². The quantitative estimate of drug-likeness (QED) is 0.468. The zero-order chi connectivity index (χ0) is 18.8. The molecule has 6 nitrogen and oxygen atoms in total. The monoisotopic (exact) mass is 398 g/mol. The molecule has 3 heterocycles. The van der Waals surface area contributed by atoms with Gasteiger partial charge in [-0.1, -0.05) is 0 Å². The summed E-state index contributed by atoms with van der Waals surface area (Å²) in [7, 11) is 1.66. The molecule has 3 aromatic rings. The minimum atomic E-state index is 0.0339. The Morgan fingerprint density at radius 2 is 2.30 bits per heavy atom. The first-order valence-corrected chi connectivity index (χ1v) is 10.4. The zero-order valence-electron chi connectivity index (χ0n) is 14.9. The molecule has 0 bridgehead atoms. The van der Waals surface area contributed by atoms with Gasteiger partial charge in [-0.25, -0.2) is 9.97 Å². The second-order valence-corrected chi connectivity index (χ2v) is 8.41. The van der Waals surface area contributed by atoms with E-state index in [0.29, 0.717) is 28.9 Å². The molecule has 0 N–H and O–H groups in total. The van der Waals surface area contributed by atoms with Gasteiger partial charge in [-0.15, -0.1) is 11.3 Å². The van der Waals surface area contributed by atoms with Gasteiger partial charge in [0.15, 0.2) is 5.16 Å². The molecule has 0 unspecified atom stereocenters. The van der Waals surface area contributed by atoms with Crippen LogP contribution in [0.25, 0.3) is 10.2 Å². The first-order valence-electron chi connectivity index (χ1n) is 8.79. The lowest BCUT2D eigenvalue weighted by atomic mass is 10.2. The predicted molar refractivity (Wildman–Crippen MR) is 105 cm³/mol. The number of nitriles is 1. The summed E-state index contributed by atoms with van der Waals surface area (Å²) >= 11 is 3.00. The molecular weight excluding hydrogens is 380 g/mol. The van der Waals surface area contributed by atoms with Gasteiger partial charge in [0.1, 0.15) is 15.9 Å². The molecule has 0 amide bonds. The second kappa shape index (κ2) is 7.80. The Hall–Kier alpha value is -2.21. The van der Waals surface area contributed by atoms with E-state index < -0.39 is 0 Å². The zero-order valence-corrected chi connectivity index (χ0v) is 16.5. The number of thiophene rings is 1. The molecule has 0 aliphatic heterocycles. The number of hydrogen-bond donors (Lipinski definition) is 0. The molecule has 0 fully saturated rings. The summed E-state index contributed by atoms with van der Waals surface area (Å²) in [5.74, 6) is 0. The van der Waals surface area contributed by atoms with Gasteiger partial charge in [0.25, 0.3) is 5.56 Å². The van der Waals surface area contributed by atoms with E-state index in [1.54, 1.807) is 35.1 Å². The van der Waals surface area contributed by atoms with Crippen molar-refractivity contribution in [3.05, 3.63) is 44.7 Å². The molecule has 0 atom stereocenters. The maximum absolute atomic E-state index is 13.3. The van der Waals surface area contributed by atoms with Gasteiger partial charge in [-0.05, 0) is 55.1 Å². The number of fused-ring (bicyclic) bond motifs is 3. The first kappa shape index (κ1) is 18.2. The van der Waals surface area contributed by atoms with Crippen LogP contribution in [0.4, 0.5) is 0 Å². The van der Waals surface area contributed by atoms with E-state index in [9.17, 15) is 4.79 Å². The molecule has 138 valence electrons. The second-order valence-electron chi connectivity index (χ2n) is 6.33. The van der Waals surface area contributed by atoms with Crippen molar-refractivity contribution in [3.63, 3.8) is 0 Å². The molecule has 0 radical (unpaired) electrons. The predicted octanol–water partition coefficient (Wildman–Crippen LogP) is 3.40. The average Bonchev–Trinajstić information content (AvgIpc) is 3.25. The smallest absolute Gasteiger partial charge is 0.263 e. The molecule has 8 heteroatoms. The summed E-state index contributed by atoms with van der Waals surface area (Å²) in [5.41, 5.74) is 1.74.